The second-order valence-electron chi connectivity index (χ2n) is 7.21. The number of unbranched alkanes of at least 4 members (excludes halogenated alkanes) is 3. The Kier molecular flexibility index (Phi) is 8.25. The predicted molar refractivity (Wildman–Crippen MR) is 120 cm³/mol. The van der Waals surface area contributed by atoms with Gasteiger partial charge in [0.25, 0.3) is 0 Å². The van der Waals surface area contributed by atoms with Gasteiger partial charge in [0.05, 0.1) is 9.79 Å². The summed E-state index contributed by atoms with van der Waals surface area (Å²) >= 11 is 0. The third-order valence-electron chi connectivity index (χ3n) is 4.87. The van der Waals surface area contributed by atoms with Crippen LogP contribution in [0.15, 0.2) is 58.3 Å². The van der Waals surface area contributed by atoms with Crippen molar-refractivity contribution in [3.8, 4) is 0 Å². The first-order valence-corrected chi connectivity index (χ1v) is 12.6. The Labute approximate surface area is 179 Å². The van der Waals surface area contributed by atoms with Crippen LogP contribution in [-0.4, -0.2) is 52.6 Å². The molecule has 166 valence electrons. The number of anilines is 2. The van der Waals surface area contributed by atoms with Crippen molar-refractivity contribution >= 4 is 31.4 Å². The molecule has 2 rings (SSSR count). The summed E-state index contributed by atoms with van der Waals surface area (Å²) in [6.45, 7) is 0.790. The molecule has 2 aromatic rings. The van der Waals surface area contributed by atoms with E-state index >= 15 is 0 Å². The molecule has 0 bridgehead atoms. The van der Waals surface area contributed by atoms with Gasteiger partial charge in [-0.2, -0.15) is 0 Å². The van der Waals surface area contributed by atoms with E-state index < -0.39 is 20.0 Å². The van der Waals surface area contributed by atoms with Gasteiger partial charge in [-0.3, -0.25) is 0 Å². The summed E-state index contributed by atoms with van der Waals surface area (Å²) in [4.78, 5) is 0.433. The normalized spacial score (nSPS) is 12.5. The number of hydrogen-bond donors (Lipinski definition) is 2. The van der Waals surface area contributed by atoms with Crippen LogP contribution in [0, 0.1) is 0 Å². The molecule has 0 aliphatic rings. The molecule has 0 spiro atoms. The van der Waals surface area contributed by atoms with Gasteiger partial charge in [0.15, 0.2) is 0 Å². The Morgan fingerprint density at radius 1 is 0.600 bits per heavy atom. The van der Waals surface area contributed by atoms with Crippen LogP contribution in [-0.2, 0) is 20.0 Å². The van der Waals surface area contributed by atoms with Gasteiger partial charge in [0.2, 0.25) is 20.0 Å². The highest BCUT2D eigenvalue weighted by molar-refractivity contribution is 7.89. The van der Waals surface area contributed by atoms with Crippen molar-refractivity contribution in [3.05, 3.63) is 48.5 Å². The third-order valence-corrected chi connectivity index (χ3v) is 8.61. The average Bonchev–Trinajstić information content (AvgIpc) is 2.70. The minimum absolute atomic E-state index is 0.216. The third kappa shape index (κ3) is 6.18. The quantitative estimate of drug-likeness (QED) is 0.396. The molecule has 0 atom stereocenters. The highest BCUT2D eigenvalue weighted by atomic mass is 32.2. The first-order valence-electron chi connectivity index (χ1n) is 9.69. The van der Waals surface area contributed by atoms with E-state index in [4.69, 9.17) is 11.5 Å². The fourth-order valence-corrected chi connectivity index (χ4v) is 5.32. The largest absolute Gasteiger partial charge is 0.399 e. The van der Waals surface area contributed by atoms with Crippen molar-refractivity contribution in [3.63, 3.8) is 0 Å². The van der Waals surface area contributed by atoms with Gasteiger partial charge in [0, 0.05) is 38.6 Å². The second-order valence-corrected chi connectivity index (χ2v) is 11.3. The van der Waals surface area contributed by atoms with Crippen LogP contribution >= 0.6 is 0 Å². The molecule has 0 aliphatic carbocycles. The molecule has 0 saturated heterocycles. The van der Waals surface area contributed by atoms with Gasteiger partial charge in [-0.25, -0.2) is 25.4 Å². The van der Waals surface area contributed by atoms with Gasteiger partial charge in [0.1, 0.15) is 0 Å². The van der Waals surface area contributed by atoms with E-state index in [-0.39, 0.29) is 9.79 Å². The second kappa shape index (κ2) is 10.3. The van der Waals surface area contributed by atoms with Gasteiger partial charge >= 0.3 is 0 Å². The van der Waals surface area contributed by atoms with Crippen molar-refractivity contribution in [1.82, 2.24) is 8.61 Å². The van der Waals surface area contributed by atoms with Crippen LogP contribution in [0.4, 0.5) is 11.4 Å². The van der Waals surface area contributed by atoms with Crippen molar-refractivity contribution in [2.24, 2.45) is 0 Å². The lowest BCUT2D eigenvalue weighted by atomic mass is 10.2. The van der Waals surface area contributed by atoms with Gasteiger partial charge in [-0.05, 0) is 61.4 Å². The maximum Gasteiger partial charge on any atom is 0.242 e. The zero-order valence-corrected chi connectivity index (χ0v) is 19.0. The number of nitrogen functional groups attached to an aromatic ring is 2. The molecule has 0 unspecified atom stereocenters. The van der Waals surface area contributed by atoms with Crippen LogP contribution in [0.5, 0.6) is 0 Å². The summed E-state index contributed by atoms with van der Waals surface area (Å²) in [5, 5.41) is 0. The highest BCUT2D eigenvalue weighted by Gasteiger charge is 2.21. The number of hydrogen-bond acceptors (Lipinski definition) is 6. The zero-order chi connectivity index (χ0) is 22.4. The Hall–Kier alpha value is -2.14. The molecular weight excluding hydrogens is 424 g/mol. The predicted octanol–water partition coefficient (Wildman–Crippen LogP) is 2.35. The zero-order valence-electron chi connectivity index (χ0n) is 17.4. The summed E-state index contributed by atoms with van der Waals surface area (Å²) < 4.78 is 52.8. The van der Waals surface area contributed by atoms with E-state index in [2.05, 4.69) is 0 Å². The molecule has 0 aromatic heterocycles. The highest BCUT2D eigenvalue weighted by Crippen LogP contribution is 2.18. The minimum Gasteiger partial charge on any atom is -0.399 e. The molecule has 0 fully saturated rings. The maximum absolute atomic E-state index is 12.5. The van der Waals surface area contributed by atoms with Gasteiger partial charge in [-0.15, -0.1) is 0 Å². The topological polar surface area (TPSA) is 127 Å². The molecule has 0 aliphatic heterocycles. The van der Waals surface area contributed by atoms with Crippen molar-refractivity contribution in [1.29, 1.82) is 0 Å². The molecule has 2 aromatic carbocycles. The van der Waals surface area contributed by atoms with E-state index in [1.807, 2.05) is 0 Å². The monoisotopic (exact) mass is 454 g/mol. The van der Waals surface area contributed by atoms with Crippen LogP contribution in [0.1, 0.15) is 25.7 Å². The Bertz CT molecular complexity index is 936. The standard InChI is InChI=1S/C20H30N4O4S2/c1-23(29(25,26)19-11-7-17(21)8-12-19)15-5-3-4-6-16-24(2)30(27,28)20-13-9-18(22)10-14-20/h7-14H,3-6,15-16,21-22H2,1-2H3. The fraction of sp³-hybridized carbons (Fsp3) is 0.400. The van der Waals surface area contributed by atoms with E-state index in [9.17, 15) is 16.8 Å². The Morgan fingerprint density at radius 3 is 1.20 bits per heavy atom. The van der Waals surface area contributed by atoms with E-state index in [1.165, 1.54) is 32.9 Å². The SMILES string of the molecule is CN(CCCCCCN(C)S(=O)(=O)c1ccc(N)cc1)S(=O)(=O)c1ccc(N)cc1. The lowest BCUT2D eigenvalue weighted by molar-refractivity contribution is 0.431. The lowest BCUT2D eigenvalue weighted by Gasteiger charge is -2.18. The molecule has 0 heterocycles. The molecule has 4 N–H and O–H groups in total. The summed E-state index contributed by atoms with van der Waals surface area (Å²) in [7, 11) is -3.96. The van der Waals surface area contributed by atoms with Gasteiger partial charge in [-0.1, -0.05) is 12.8 Å². The Morgan fingerprint density at radius 2 is 0.900 bits per heavy atom. The van der Waals surface area contributed by atoms with E-state index in [1.54, 1.807) is 38.4 Å². The summed E-state index contributed by atoms with van der Waals surface area (Å²) in [5.74, 6) is 0. The van der Waals surface area contributed by atoms with Crippen LogP contribution in [0.2, 0.25) is 0 Å². The summed E-state index contributed by atoms with van der Waals surface area (Å²) in [6, 6.07) is 12.3. The van der Waals surface area contributed by atoms with Crippen LogP contribution < -0.4 is 11.5 Å². The van der Waals surface area contributed by atoms with Crippen molar-refractivity contribution in [2.45, 2.75) is 35.5 Å². The number of nitrogens with two attached hydrogens (primary N) is 2. The lowest BCUT2D eigenvalue weighted by Crippen LogP contribution is -2.28. The minimum atomic E-state index is -3.53. The number of rotatable bonds is 11. The molecule has 30 heavy (non-hydrogen) atoms. The van der Waals surface area contributed by atoms with E-state index in [0.717, 1.165) is 12.8 Å². The molecule has 0 saturated carbocycles. The number of sulfonamides is 2. The number of benzene rings is 2. The van der Waals surface area contributed by atoms with Crippen LogP contribution in [0.25, 0.3) is 0 Å². The molecule has 10 heteroatoms. The van der Waals surface area contributed by atoms with Crippen LogP contribution in [0.3, 0.4) is 0 Å². The Balaban J connectivity index is 1.74. The maximum atomic E-state index is 12.5. The smallest absolute Gasteiger partial charge is 0.242 e. The van der Waals surface area contributed by atoms with Gasteiger partial charge < -0.3 is 11.5 Å². The van der Waals surface area contributed by atoms with E-state index in [0.29, 0.717) is 37.3 Å². The molecule has 0 amide bonds. The van der Waals surface area contributed by atoms with Crippen molar-refractivity contribution < 1.29 is 16.8 Å². The summed E-state index contributed by atoms with van der Waals surface area (Å²) in [5.41, 5.74) is 12.2. The summed E-state index contributed by atoms with van der Waals surface area (Å²) in [6.07, 6.45) is 2.99. The molecule has 8 nitrogen and oxygen atoms in total. The first kappa shape index (κ1) is 24.1. The first-order chi connectivity index (χ1) is 14.0. The van der Waals surface area contributed by atoms with Crippen molar-refractivity contribution in [2.75, 3.05) is 38.7 Å². The molecular formula is C20H30N4O4S2. The average molecular weight is 455 g/mol. The molecule has 0 radical (unpaired) electrons. The number of nitrogens with zero attached hydrogens (tertiary/aromatic N) is 2. The fourth-order valence-electron chi connectivity index (χ4n) is 2.90.